The molecule has 1 atom stereocenters. The number of nitrogens with zero attached hydrogens (tertiary/aromatic N) is 1. The van der Waals surface area contributed by atoms with Crippen molar-refractivity contribution in [2.24, 2.45) is 11.7 Å². The van der Waals surface area contributed by atoms with Crippen molar-refractivity contribution in [2.75, 3.05) is 25.0 Å². The molecule has 0 heterocycles. The van der Waals surface area contributed by atoms with Gasteiger partial charge in [0.05, 0.1) is 11.1 Å². The molecule has 0 spiro atoms. The van der Waals surface area contributed by atoms with Crippen molar-refractivity contribution in [3.05, 3.63) is 23.2 Å². The summed E-state index contributed by atoms with van der Waals surface area (Å²) >= 11 is 6.15. The quantitative estimate of drug-likeness (QED) is 0.750. The van der Waals surface area contributed by atoms with E-state index in [9.17, 15) is 9.59 Å². The van der Waals surface area contributed by atoms with Crippen molar-refractivity contribution in [1.82, 2.24) is 4.90 Å². The lowest BCUT2D eigenvalue weighted by molar-refractivity contribution is -0.133. The lowest BCUT2D eigenvalue weighted by Gasteiger charge is -2.19. The Balaban J connectivity index is 2.68. The van der Waals surface area contributed by atoms with Gasteiger partial charge in [-0.05, 0) is 38.0 Å². The highest BCUT2D eigenvalue weighted by Crippen LogP contribution is 2.27. The summed E-state index contributed by atoms with van der Waals surface area (Å²) in [5.74, 6) is 0.0558. The molecular weight excluding hydrogens is 330 g/mol. The molecule has 0 radical (unpaired) electrons. The molecule has 134 valence electrons. The minimum absolute atomic E-state index is 0.0363. The summed E-state index contributed by atoms with van der Waals surface area (Å²) in [4.78, 5) is 25.6. The highest BCUT2D eigenvalue weighted by atomic mass is 35.5. The number of halogens is 1. The average Bonchev–Trinajstić information content (AvgIpc) is 2.54. The molecule has 1 aromatic rings. The van der Waals surface area contributed by atoms with E-state index in [-0.39, 0.29) is 24.3 Å². The van der Waals surface area contributed by atoms with Crippen LogP contribution in [0.15, 0.2) is 18.2 Å². The molecule has 0 fully saturated rings. The maximum atomic E-state index is 11.9. The van der Waals surface area contributed by atoms with Crippen molar-refractivity contribution in [3.8, 4) is 5.75 Å². The highest BCUT2D eigenvalue weighted by molar-refractivity contribution is 6.32. The second-order valence-corrected chi connectivity index (χ2v) is 6.17. The third kappa shape index (κ3) is 5.69. The maximum Gasteiger partial charge on any atom is 0.260 e. The number of amides is 2. The number of anilines is 1. The zero-order chi connectivity index (χ0) is 18.3. The van der Waals surface area contributed by atoms with E-state index in [0.29, 0.717) is 29.5 Å². The van der Waals surface area contributed by atoms with Gasteiger partial charge in [0.2, 0.25) is 5.91 Å². The van der Waals surface area contributed by atoms with Crippen LogP contribution in [-0.2, 0) is 9.59 Å². The summed E-state index contributed by atoms with van der Waals surface area (Å²) in [5, 5.41) is 3.03. The first kappa shape index (κ1) is 20.3. The first-order chi connectivity index (χ1) is 11.3. The number of hydrogen-bond acceptors (Lipinski definition) is 4. The molecule has 1 aromatic carbocycles. The maximum absolute atomic E-state index is 11.9. The summed E-state index contributed by atoms with van der Waals surface area (Å²) in [7, 11) is 0. The van der Waals surface area contributed by atoms with E-state index in [1.807, 2.05) is 27.7 Å². The third-order valence-corrected chi connectivity index (χ3v) is 3.98. The van der Waals surface area contributed by atoms with E-state index < -0.39 is 6.04 Å². The lowest BCUT2D eigenvalue weighted by atomic mass is 10.0. The Labute approximate surface area is 148 Å². The van der Waals surface area contributed by atoms with Crippen LogP contribution < -0.4 is 15.8 Å². The largest absolute Gasteiger partial charge is 0.482 e. The van der Waals surface area contributed by atoms with Gasteiger partial charge in [0.1, 0.15) is 5.75 Å². The molecule has 1 rings (SSSR count). The normalized spacial score (nSPS) is 12.0. The van der Waals surface area contributed by atoms with E-state index in [1.54, 1.807) is 23.1 Å². The number of carbonyl (C=O) groups is 2. The van der Waals surface area contributed by atoms with Gasteiger partial charge >= 0.3 is 0 Å². The van der Waals surface area contributed by atoms with E-state index in [1.165, 1.54) is 0 Å². The van der Waals surface area contributed by atoms with Gasteiger partial charge in [-0.25, -0.2) is 0 Å². The Bertz CT molecular complexity index is 574. The van der Waals surface area contributed by atoms with Gasteiger partial charge in [0, 0.05) is 18.8 Å². The zero-order valence-corrected chi connectivity index (χ0v) is 15.4. The number of rotatable bonds is 8. The van der Waals surface area contributed by atoms with Crippen LogP contribution in [-0.4, -0.2) is 42.5 Å². The molecule has 3 N–H and O–H groups in total. The van der Waals surface area contributed by atoms with E-state index in [4.69, 9.17) is 22.1 Å². The summed E-state index contributed by atoms with van der Waals surface area (Å²) in [6.07, 6.45) is 0. The molecule has 0 saturated heterocycles. The van der Waals surface area contributed by atoms with Gasteiger partial charge in [0.25, 0.3) is 5.91 Å². The van der Waals surface area contributed by atoms with Gasteiger partial charge in [-0.2, -0.15) is 0 Å². The van der Waals surface area contributed by atoms with Crippen molar-refractivity contribution in [1.29, 1.82) is 0 Å². The van der Waals surface area contributed by atoms with Crippen LogP contribution in [0.1, 0.15) is 27.7 Å². The van der Waals surface area contributed by atoms with Gasteiger partial charge in [-0.1, -0.05) is 25.4 Å². The van der Waals surface area contributed by atoms with E-state index in [0.717, 1.165) is 0 Å². The van der Waals surface area contributed by atoms with Crippen LogP contribution in [0, 0.1) is 5.92 Å². The molecule has 0 aliphatic heterocycles. The van der Waals surface area contributed by atoms with Crippen LogP contribution in [0.4, 0.5) is 5.69 Å². The second-order valence-electron chi connectivity index (χ2n) is 5.76. The molecule has 6 nitrogen and oxygen atoms in total. The molecule has 0 saturated carbocycles. The summed E-state index contributed by atoms with van der Waals surface area (Å²) in [6, 6.07) is 4.26. The number of hydrogen-bond donors (Lipinski definition) is 2. The molecule has 0 bridgehead atoms. The number of carbonyl (C=O) groups excluding carboxylic acids is 2. The predicted molar refractivity (Wildman–Crippen MR) is 96.3 cm³/mol. The van der Waals surface area contributed by atoms with Gasteiger partial charge in [-0.15, -0.1) is 0 Å². The summed E-state index contributed by atoms with van der Waals surface area (Å²) in [6.45, 7) is 8.76. The Kier molecular flexibility index (Phi) is 8.01. The van der Waals surface area contributed by atoms with Crippen LogP contribution in [0.5, 0.6) is 5.75 Å². The zero-order valence-electron chi connectivity index (χ0n) is 14.6. The van der Waals surface area contributed by atoms with Crippen LogP contribution in [0.3, 0.4) is 0 Å². The van der Waals surface area contributed by atoms with Crippen molar-refractivity contribution in [3.63, 3.8) is 0 Å². The van der Waals surface area contributed by atoms with Gasteiger partial charge in [0.15, 0.2) is 6.61 Å². The first-order valence-corrected chi connectivity index (χ1v) is 8.44. The molecule has 0 aromatic heterocycles. The van der Waals surface area contributed by atoms with E-state index >= 15 is 0 Å². The molecule has 2 amide bonds. The van der Waals surface area contributed by atoms with Crippen molar-refractivity contribution in [2.45, 2.75) is 33.7 Å². The molecule has 0 aliphatic rings. The minimum atomic E-state index is -0.591. The topological polar surface area (TPSA) is 84.7 Å². The Morgan fingerprint density at radius 3 is 2.42 bits per heavy atom. The fourth-order valence-electron chi connectivity index (χ4n) is 2.03. The predicted octanol–water partition coefficient (Wildman–Crippen LogP) is 2.51. The number of benzene rings is 1. The number of nitrogens with one attached hydrogen (secondary N) is 1. The lowest BCUT2D eigenvalue weighted by Crippen LogP contribution is -2.39. The van der Waals surface area contributed by atoms with E-state index in [2.05, 4.69) is 5.32 Å². The van der Waals surface area contributed by atoms with Crippen LogP contribution in [0.2, 0.25) is 5.02 Å². The Morgan fingerprint density at radius 1 is 1.29 bits per heavy atom. The average molecular weight is 356 g/mol. The second kappa shape index (κ2) is 9.49. The van der Waals surface area contributed by atoms with Gasteiger partial charge in [-0.3, -0.25) is 9.59 Å². The SMILES string of the molecule is CCN(CC)C(=O)COc1ccc(NC(=O)[C@@H](N)C(C)C)cc1Cl. The van der Waals surface area contributed by atoms with Crippen molar-refractivity contribution < 1.29 is 14.3 Å². The highest BCUT2D eigenvalue weighted by Gasteiger charge is 2.18. The molecule has 0 aliphatic carbocycles. The smallest absolute Gasteiger partial charge is 0.260 e. The molecule has 24 heavy (non-hydrogen) atoms. The third-order valence-electron chi connectivity index (χ3n) is 3.69. The summed E-state index contributed by atoms with van der Waals surface area (Å²) in [5.41, 5.74) is 6.33. The molecular formula is C17H26ClN3O3. The Hall–Kier alpha value is -1.79. The monoisotopic (exact) mass is 355 g/mol. The van der Waals surface area contributed by atoms with Crippen LogP contribution >= 0.6 is 11.6 Å². The fraction of sp³-hybridized carbons (Fsp3) is 0.529. The number of nitrogens with two attached hydrogens (primary N) is 1. The van der Waals surface area contributed by atoms with Gasteiger partial charge < -0.3 is 20.7 Å². The number of ether oxygens (including phenoxy) is 1. The standard InChI is InChI=1S/C17H26ClN3O3/c1-5-21(6-2)15(22)10-24-14-8-7-12(9-13(14)18)20-17(23)16(19)11(3)4/h7-9,11,16H,5-6,10,19H2,1-4H3,(H,20,23)/t16-/m0/s1. The number of likely N-dealkylation sites (N-methyl/N-ethyl adjacent to an activating group) is 1. The first-order valence-electron chi connectivity index (χ1n) is 8.06. The molecule has 0 unspecified atom stereocenters. The van der Waals surface area contributed by atoms with Crippen LogP contribution in [0.25, 0.3) is 0 Å². The minimum Gasteiger partial charge on any atom is -0.482 e. The fourth-order valence-corrected chi connectivity index (χ4v) is 2.27. The Morgan fingerprint density at radius 2 is 1.92 bits per heavy atom. The molecule has 7 heteroatoms. The summed E-state index contributed by atoms with van der Waals surface area (Å²) < 4.78 is 5.47. The van der Waals surface area contributed by atoms with Crippen molar-refractivity contribution >= 4 is 29.1 Å².